The molecule has 0 aliphatic carbocycles. The first-order chi connectivity index (χ1) is 11.5. The van der Waals surface area contributed by atoms with Gasteiger partial charge in [0.2, 0.25) is 0 Å². The number of nitrogen functional groups attached to an aromatic ring is 1. The van der Waals surface area contributed by atoms with Gasteiger partial charge >= 0.3 is 5.69 Å². The lowest BCUT2D eigenvalue weighted by Crippen LogP contribution is -2.33. The fourth-order valence-electron chi connectivity index (χ4n) is 3.15. The number of ether oxygens (including phenoxy) is 2. The van der Waals surface area contributed by atoms with E-state index in [4.69, 9.17) is 15.2 Å². The van der Waals surface area contributed by atoms with Crippen LogP contribution < -0.4 is 11.4 Å². The van der Waals surface area contributed by atoms with E-state index >= 15 is 0 Å². The summed E-state index contributed by atoms with van der Waals surface area (Å²) in [5.74, 6) is 1.24. The Morgan fingerprint density at radius 2 is 2.29 bits per heavy atom. The van der Waals surface area contributed by atoms with Crippen LogP contribution in [-0.2, 0) is 15.9 Å². The van der Waals surface area contributed by atoms with Gasteiger partial charge < -0.3 is 25.4 Å². The summed E-state index contributed by atoms with van der Waals surface area (Å²) in [4.78, 5) is 16.0. The van der Waals surface area contributed by atoms with E-state index < -0.39 is 24.6 Å². The van der Waals surface area contributed by atoms with Gasteiger partial charge in [0.1, 0.15) is 18.0 Å². The maximum absolute atomic E-state index is 12.1. The van der Waals surface area contributed by atoms with E-state index in [0.717, 1.165) is 24.2 Å². The van der Waals surface area contributed by atoms with Gasteiger partial charge in [0.25, 0.3) is 0 Å². The number of hydrogen-bond acceptors (Lipinski definition) is 8. The number of anilines is 1. The van der Waals surface area contributed by atoms with Gasteiger partial charge in [-0.2, -0.15) is 4.98 Å². The largest absolute Gasteiger partial charge is 0.387 e. The summed E-state index contributed by atoms with van der Waals surface area (Å²) < 4.78 is 12.1. The number of aliphatic hydroxyl groups excluding tert-OH is 2. The molecule has 0 saturated carbocycles. The van der Waals surface area contributed by atoms with E-state index in [1.54, 1.807) is 22.5 Å². The molecule has 24 heavy (non-hydrogen) atoms. The van der Waals surface area contributed by atoms with Gasteiger partial charge in [-0.15, -0.1) is 11.8 Å². The minimum absolute atomic E-state index is 0.109. The highest BCUT2D eigenvalue weighted by Crippen LogP contribution is 2.35. The van der Waals surface area contributed by atoms with E-state index in [1.807, 2.05) is 0 Å². The van der Waals surface area contributed by atoms with Crippen LogP contribution in [0.5, 0.6) is 0 Å². The molecule has 2 aliphatic heterocycles. The van der Waals surface area contributed by atoms with Crippen LogP contribution in [0.4, 0.5) is 5.82 Å². The smallest absolute Gasteiger partial charge is 0.350 e. The van der Waals surface area contributed by atoms with Gasteiger partial charge in [-0.1, -0.05) is 0 Å². The molecule has 3 heterocycles. The zero-order valence-corrected chi connectivity index (χ0v) is 14.3. The lowest BCUT2D eigenvalue weighted by Gasteiger charge is -2.17. The fraction of sp³-hybridized carbons (Fsp3) is 0.733. The Labute approximate surface area is 144 Å². The van der Waals surface area contributed by atoms with Crippen molar-refractivity contribution in [2.45, 2.75) is 55.7 Å². The third kappa shape index (κ3) is 3.45. The number of nitrogens with zero attached hydrogens (tertiary/aromatic N) is 2. The summed E-state index contributed by atoms with van der Waals surface area (Å²) in [6.07, 6.45) is 1.26. The predicted molar refractivity (Wildman–Crippen MR) is 89.6 cm³/mol. The lowest BCUT2D eigenvalue weighted by atomic mass is 10.0. The van der Waals surface area contributed by atoms with Crippen molar-refractivity contribution in [3.05, 3.63) is 22.2 Å². The topological polar surface area (TPSA) is 120 Å². The monoisotopic (exact) mass is 357 g/mol. The molecule has 5 atom stereocenters. The molecule has 0 amide bonds. The second-order valence-corrected chi connectivity index (χ2v) is 7.39. The molecule has 1 aromatic rings. The molecule has 0 aromatic carbocycles. The third-order valence-electron chi connectivity index (χ3n) is 4.53. The van der Waals surface area contributed by atoms with Crippen molar-refractivity contribution < 1.29 is 19.7 Å². The summed E-state index contributed by atoms with van der Waals surface area (Å²) in [7, 11) is 1.42. The fourth-order valence-corrected chi connectivity index (χ4v) is 4.40. The van der Waals surface area contributed by atoms with E-state index in [0.29, 0.717) is 12.8 Å². The van der Waals surface area contributed by atoms with Crippen LogP contribution >= 0.6 is 11.8 Å². The number of methoxy groups -OCH3 is 1. The minimum atomic E-state index is -1.07. The lowest BCUT2D eigenvalue weighted by molar-refractivity contribution is -0.149. The molecule has 8 nitrogen and oxygen atoms in total. The molecule has 2 fully saturated rings. The van der Waals surface area contributed by atoms with Crippen LogP contribution in [0.25, 0.3) is 0 Å². The average molecular weight is 357 g/mol. The van der Waals surface area contributed by atoms with Gasteiger partial charge in [-0.25, -0.2) is 4.79 Å². The summed E-state index contributed by atoms with van der Waals surface area (Å²) in [6, 6.07) is 0. The van der Waals surface area contributed by atoms with Gasteiger partial charge in [-0.3, -0.25) is 4.57 Å². The predicted octanol–water partition coefficient (Wildman–Crippen LogP) is -0.123. The van der Waals surface area contributed by atoms with E-state index in [-0.39, 0.29) is 16.9 Å². The average Bonchev–Trinajstić information content (AvgIpc) is 3.17. The third-order valence-corrected chi connectivity index (χ3v) is 5.90. The SMILES string of the molecule is CO[C@@H]1O[C@H](CCc2cn(C3CCCS3)c(=O)nc2N)[C@@H](O)[C@H]1O. The molecule has 3 rings (SSSR count). The second-order valence-electron chi connectivity index (χ2n) is 6.11. The number of thioether (sulfide) groups is 1. The molecule has 2 saturated heterocycles. The molecule has 0 spiro atoms. The van der Waals surface area contributed by atoms with Crippen LogP contribution in [0.1, 0.15) is 30.2 Å². The quantitative estimate of drug-likeness (QED) is 0.667. The molecule has 9 heteroatoms. The molecule has 2 aliphatic rings. The molecular formula is C15H23N3O5S. The van der Waals surface area contributed by atoms with Gasteiger partial charge in [0.05, 0.1) is 11.5 Å². The number of aromatic nitrogens is 2. The van der Waals surface area contributed by atoms with Crippen molar-refractivity contribution in [3.8, 4) is 0 Å². The van der Waals surface area contributed by atoms with E-state index in [2.05, 4.69) is 4.98 Å². The van der Waals surface area contributed by atoms with E-state index in [1.165, 1.54) is 7.11 Å². The molecule has 1 unspecified atom stereocenters. The van der Waals surface area contributed by atoms with Gasteiger partial charge in [-0.05, 0) is 31.4 Å². The van der Waals surface area contributed by atoms with Crippen molar-refractivity contribution in [1.29, 1.82) is 0 Å². The number of aryl methyl sites for hydroxylation is 1. The highest BCUT2D eigenvalue weighted by Gasteiger charge is 2.42. The summed E-state index contributed by atoms with van der Waals surface area (Å²) in [6.45, 7) is 0. The van der Waals surface area contributed by atoms with Crippen LogP contribution in [0.15, 0.2) is 11.0 Å². The second kappa shape index (κ2) is 7.40. The zero-order valence-electron chi connectivity index (χ0n) is 13.5. The Hall–Kier alpha value is -1.13. The summed E-state index contributed by atoms with van der Waals surface area (Å²) >= 11 is 1.74. The molecule has 1 aromatic heterocycles. The molecular weight excluding hydrogens is 334 g/mol. The maximum atomic E-state index is 12.1. The Morgan fingerprint density at radius 1 is 1.50 bits per heavy atom. The van der Waals surface area contributed by atoms with Crippen LogP contribution in [-0.4, -0.2) is 57.2 Å². The first kappa shape index (κ1) is 17.7. The first-order valence-corrected chi connectivity index (χ1v) is 9.09. The standard InChI is InChI=1S/C15H23N3O5S/c1-22-14-12(20)11(19)9(23-14)5-4-8-7-18(10-3-2-6-24-10)15(21)17-13(8)16/h7,9-12,14,19-20H,2-6H2,1H3,(H2,16,17,21)/t9-,10?,11-,12-,14-/m1/s1. The molecule has 134 valence electrons. The van der Waals surface area contributed by atoms with Gasteiger partial charge in [0, 0.05) is 18.9 Å². The zero-order chi connectivity index (χ0) is 17.3. The van der Waals surface area contributed by atoms with E-state index in [9.17, 15) is 15.0 Å². The Morgan fingerprint density at radius 3 is 2.92 bits per heavy atom. The molecule has 4 N–H and O–H groups in total. The van der Waals surface area contributed by atoms with Crippen LogP contribution in [0.3, 0.4) is 0 Å². The number of hydrogen-bond donors (Lipinski definition) is 3. The van der Waals surface area contributed by atoms with Crippen molar-refractivity contribution >= 4 is 17.6 Å². The normalized spacial score (nSPS) is 33.2. The van der Waals surface area contributed by atoms with Crippen LogP contribution in [0, 0.1) is 0 Å². The first-order valence-electron chi connectivity index (χ1n) is 8.04. The molecule has 0 bridgehead atoms. The Balaban J connectivity index is 1.71. The molecule has 0 radical (unpaired) electrons. The summed E-state index contributed by atoms with van der Waals surface area (Å²) in [5.41, 5.74) is 6.29. The summed E-state index contributed by atoms with van der Waals surface area (Å²) in [5, 5.41) is 19.9. The van der Waals surface area contributed by atoms with Crippen molar-refractivity contribution in [2.75, 3.05) is 18.6 Å². The van der Waals surface area contributed by atoms with Crippen molar-refractivity contribution in [2.24, 2.45) is 0 Å². The maximum Gasteiger partial charge on any atom is 0.350 e. The minimum Gasteiger partial charge on any atom is -0.387 e. The Kier molecular flexibility index (Phi) is 5.46. The van der Waals surface area contributed by atoms with Crippen molar-refractivity contribution in [3.63, 3.8) is 0 Å². The Bertz CT molecular complexity index is 634. The number of nitrogens with two attached hydrogens (primary N) is 1. The highest BCUT2D eigenvalue weighted by molar-refractivity contribution is 7.99. The van der Waals surface area contributed by atoms with Crippen LogP contribution in [0.2, 0.25) is 0 Å². The highest BCUT2D eigenvalue weighted by atomic mass is 32.2. The number of rotatable bonds is 5. The van der Waals surface area contributed by atoms with Gasteiger partial charge in [0.15, 0.2) is 6.29 Å². The number of aliphatic hydroxyl groups is 2. The van der Waals surface area contributed by atoms with Crippen molar-refractivity contribution in [1.82, 2.24) is 9.55 Å².